The van der Waals surface area contributed by atoms with Crippen molar-refractivity contribution in [1.82, 2.24) is 20.1 Å². The van der Waals surface area contributed by atoms with E-state index in [-0.39, 0.29) is 23.8 Å². The summed E-state index contributed by atoms with van der Waals surface area (Å²) in [5, 5.41) is 9.56. The zero-order valence-electron chi connectivity index (χ0n) is 16.1. The third kappa shape index (κ3) is 5.30. The fourth-order valence-electron chi connectivity index (χ4n) is 2.76. The maximum absolute atomic E-state index is 13.0. The number of carbonyl (C=O) groups is 1. The van der Waals surface area contributed by atoms with Crippen LogP contribution in [0.2, 0.25) is 0 Å². The molecule has 0 unspecified atom stereocenters. The molecular formula is C19H20FN5O3S2. The van der Waals surface area contributed by atoms with Gasteiger partial charge in [-0.05, 0) is 61.1 Å². The summed E-state index contributed by atoms with van der Waals surface area (Å²) >= 11 is 5.11. The average Bonchev–Trinajstić information content (AvgIpc) is 3.07. The first-order valence-electron chi connectivity index (χ1n) is 9.06. The van der Waals surface area contributed by atoms with E-state index in [1.54, 1.807) is 28.8 Å². The van der Waals surface area contributed by atoms with Crippen molar-refractivity contribution in [3.05, 3.63) is 70.5 Å². The van der Waals surface area contributed by atoms with Crippen molar-refractivity contribution in [1.29, 1.82) is 0 Å². The number of hydrogen-bond donors (Lipinski definition) is 3. The predicted molar refractivity (Wildman–Crippen MR) is 112 cm³/mol. The molecule has 0 aliphatic heterocycles. The van der Waals surface area contributed by atoms with Gasteiger partial charge in [0.15, 0.2) is 10.6 Å². The molecule has 3 N–H and O–H groups in total. The fourth-order valence-corrected chi connectivity index (χ4v) is 4.09. The number of aromatic nitrogens is 3. The summed E-state index contributed by atoms with van der Waals surface area (Å²) in [7, 11) is -3.83. The third-order valence-corrected chi connectivity index (χ3v) is 6.00. The van der Waals surface area contributed by atoms with Gasteiger partial charge in [0, 0.05) is 12.2 Å². The van der Waals surface area contributed by atoms with Crippen molar-refractivity contribution in [3.8, 4) is 0 Å². The molecule has 0 fully saturated rings. The Morgan fingerprint density at radius 2 is 1.83 bits per heavy atom. The Morgan fingerprint density at radius 3 is 2.47 bits per heavy atom. The van der Waals surface area contributed by atoms with Crippen molar-refractivity contribution in [2.24, 2.45) is 0 Å². The summed E-state index contributed by atoms with van der Waals surface area (Å²) in [6, 6.07) is 11.0. The topological polar surface area (TPSA) is 109 Å². The fraction of sp³-hybridized carbons (Fsp3) is 0.211. The lowest BCUT2D eigenvalue weighted by Crippen LogP contribution is -2.26. The van der Waals surface area contributed by atoms with Crippen LogP contribution in [-0.2, 0) is 34.3 Å². The van der Waals surface area contributed by atoms with E-state index in [2.05, 4.69) is 20.2 Å². The summed E-state index contributed by atoms with van der Waals surface area (Å²) in [6.45, 7) is 2.83. The Bertz CT molecular complexity index is 1190. The van der Waals surface area contributed by atoms with E-state index in [9.17, 15) is 17.6 Å². The van der Waals surface area contributed by atoms with Gasteiger partial charge in [0.25, 0.3) is 10.0 Å². The third-order valence-electron chi connectivity index (χ3n) is 4.29. The second kappa shape index (κ2) is 9.18. The first-order valence-corrected chi connectivity index (χ1v) is 11.0. The molecule has 0 spiro atoms. The SMILES string of the molecule is CCn1c(CNC(=O)Cc2ccc(NS(=O)(=O)c3ccc(F)cc3)cc2)n[nH]c1=S. The normalized spacial score (nSPS) is 11.3. The molecule has 0 saturated heterocycles. The van der Waals surface area contributed by atoms with Crippen LogP contribution in [0.15, 0.2) is 53.4 Å². The number of H-pyrrole nitrogens is 1. The van der Waals surface area contributed by atoms with Crippen molar-refractivity contribution < 1.29 is 17.6 Å². The maximum Gasteiger partial charge on any atom is 0.261 e. The van der Waals surface area contributed by atoms with Crippen LogP contribution in [0.1, 0.15) is 18.3 Å². The Kier molecular flexibility index (Phi) is 6.63. The molecule has 11 heteroatoms. The highest BCUT2D eigenvalue weighted by Gasteiger charge is 2.14. The largest absolute Gasteiger partial charge is 0.349 e. The van der Waals surface area contributed by atoms with E-state index in [4.69, 9.17) is 12.2 Å². The first kappa shape index (κ1) is 21.7. The van der Waals surface area contributed by atoms with Gasteiger partial charge in [0.05, 0.1) is 17.9 Å². The molecule has 0 bridgehead atoms. The molecule has 3 rings (SSSR count). The molecule has 2 aromatic carbocycles. The molecular weight excluding hydrogens is 429 g/mol. The van der Waals surface area contributed by atoms with E-state index in [1.807, 2.05) is 6.92 Å². The molecule has 0 saturated carbocycles. The van der Waals surface area contributed by atoms with E-state index >= 15 is 0 Å². The standard InChI is InChI=1S/C19H20FN5O3S2/c1-2-25-17(22-23-19(25)29)12-21-18(26)11-13-3-7-15(8-4-13)24-30(27,28)16-9-5-14(20)6-10-16/h3-10,24H,2,11-12H2,1H3,(H,21,26)(H,23,29). The number of amides is 1. The minimum absolute atomic E-state index is 0.0442. The predicted octanol–water partition coefficient (Wildman–Crippen LogP) is 2.76. The van der Waals surface area contributed by atoms with Gasteiger partial charge in [-0.1, -0.05) is 12.1 Å². The number of sulfonamides is 1. The molecule has 1 amide bonds. The van der Waals surface area contributed by atoms with Gasteiger partial charge < -0.3 is 9.88 Å². The van der Waals surface area contributed by atoms with Gasteiger partial charge in [-0.3, -0.25) is 14.6 Å². The number of aromatic amines is 1. The van der Waals surface area contributed by atoms with Crippen molar-refractivity contribution in [2.75, 3.05) is 4.72 Å². The monoisotopic (exact) mass is 449 g/mol. The summed E-state index contributed by atoms with van der Waals surface area (Å²) in [5.41, 5.74) is 1.05. The van der Waals surface area contributed by atoms with Crippen LogP contribution in [-0.4, -0.2) is 29.1 Å². The number of rotatable bonds is 8. The van der Waals surface area contributed by atoms with Crippen LogP contribution in [0.3, 0.4) is 0 Å². The Morgan fingerprint density at radius 1 is 1.17 bits per heavy atom. The molecule has 1 aromatic heterocycles. The zero-order valence-corrected chi connectivity index (χ0v) is 17.7. The highest BCUT2D eigenvalue weighted by Crippen LogP contribution is 2.17. The van der Waals surface area contributed by atoms with E-state index < -0.39 is 15.8 Å². The number of hydrogen-bond acceptors (Lipinski definition) is 5. The number of nitrogens with one attached hydrogen (secondary N) is 3. The summed E-state index contributed by atoms with van der Waals surface area (Å²) in [4.78, 5) is 12.1. The molecule has 0 aliphatic rings. The lowest BCUT2D eigenvalue weighted by Gasteiger charge is -2.09. The van der Waals surface area contributed by atoms with Crippen LogP contribution in [0.25, 0.3) is 0 Å². The second-order valence-electron chi connectivity index (χ2n) is 6.40. The minimum atomic E-state index is -3.83. The van der Waals surface area contributed by atoms with Gasteiger partial charge in [-0.15, -0.1) is 0 Å². The summed E-state index contributed by atoms with van der Waals surface area (Å²) < 4.78 is 42.4. The molecule has 30 heavy (non-hydrogen) atoms. The van der Waals surface area contributed by atoms with Crippen LogP contribution in [0.4, 0.5) is 10.1 Å². The number of nitrogens with zero attached hydrogens (tertiary/aromatic N) is 2. The van der Waals surface area contributed by atoms with Crippen molar-refractivity contribution in [2.45, 2.75) is 31.3 Å². The lowest BCUT2D eigenvalue weighted by atomic mass is 10.1. The highest BCUT2D eigenvalue weighted by atomic mass is 32.2. The molecule has 8 nitrogen and oxygen atoms in total. The first-order chi connectivity index (χ1) is 14.3. The van der Waals surface area contributed by atoms with Crippen LogP contribution in [0.5, 0.6) is 0 Å². The smallest absolute Gasteiger partial charge is 0.261 e. The van der Waals surface area contributed by atoms with Gasteiger partial charge >= 0.3 is 0 Å². The maximum atomic E-state index is 13.0. The lowest BCUT2D eigenvalue weighted by molar-refractivity contribution is -0.120. The molecule has 1 heterocycles. The van der Waals surface area contributed by atoms with Crippen molar-refractivity contribution in [3.63, 3.8) is 0 Å². The molecule has 158 valence electrons. The molecule has 3 aromatic rings. The van der Waals surface area contributed by atoms with Gasteiger partial charge in [-0.25, -0.2) is 12.8 Å². The number of halogens is 1. The van der Waals surface area contributed by atoms with Gasteiger partial charge in [0.2, 0.25) is 5.91 Å². The zero-order chi connectivity index (χ0) is 21.7. The highest BCUT2D eigenvalue weighted by molar-refractivity contribution is 7.92. The summed E-state index contributed by atoms with van der Waals surface area (Å²) in [5.74, 6) is -0.0782. The van der Waals surface area contributed by atoms with E-state index in [1.165, 1.54) is 12.1 Å². The Balaban J connectivity index is 1.58. The molecule has 0 atom stereocenters. The molecule has 0 radical (unpaired) electrons. The van der Waals surface area contributed by atoms with Crippen LogP contribution >= 0.6 is 12.2 Å². The van der Waals surface area contributed by atoms with E-state index in [0.29, 0.717) is 28.4 Å². The van der Waals surface area contributed by atoms with Gasteiger partial charge in [0.1, 0.15) is 5.82 Å². The number of benzene rings is 2. The van der Waals surface area contributed by atoms with Crippen LogP contribution < -0.4 is 10.0 Å². The summed E-state index contributed by atoms with van der Waals surface area (Å²) in [6.07, 6.45) is 0.127. The Hall–Kier alpha value is -3.05. The Labute approximate surface area is 178 Å². The minimum Gasteiger partial charge on any atom is -0.349 e. The van der Waals surface area contributed by atoms with Gasteiger partial charge in [-0.2, -0.15) is 5.10 Å². The van der Waals surface area contributed by atoms with E-state index in [0.717, 1.165) is 12.1 Å². The van der Waals surface area contributed by atoms with Crippen LogP contribution in [0, 0.1) is 10.6 Å². The molecule has 0 aliphatic carbocycles. The number of anilines is 1. The quantitative estimate of drug-likeness (QED) is 0.458. The average molecular weight is 450 g/mol. The second-order valence-corrected chi connectivity index (χ2v) is 8.47. The van der Waals surface area contributed by atoms with Crippen molar-refractivity contribution >= 4 is 33.8 Å². The number of carbonyl (C=O) groups excluding carboxylic acids is 1.